The fourth-order valence-electron chi connectivity index (χ4n) is 2.87. The van der Waals surface area contributed by atoms with Crippen molar-refractivity contribution in [3.63, 3.8) is 0 Å². The molecule has 0 bridgehead atoms. The Labute approximate surface area is 133 Å². The highest BCUT2D eigenvalue weighted by Gasteiger charge is 2.25. The highest BCUT2D eigenvalue weighted by Crippen LogP contribution is 2.33. The first-order valence-corrected chi connectivity index (χ1v) is 7.56. The number of hydrogen-bond acceptors (Lipinski definition) is 5. The smallest absolute Gasteiger partial charge is 0.212 e. The van der Waals surface area contributed by atoms with Gasteiger partial charge in [-0.3, -0.25) is 9.88 Å². The van der Waals surface area contributed by atoms with Crippen LogP contribution >= 0.6 is 0 Å². The predicted octanol–water partition coefficient (Wildman–Crippen LogP) is 2.72. The molecule has 0 spiro atoms. The second-order valence-electron chi connectivity index (χ2n) is 5.31. The fraction of sp³-hybridized carbons (Fsp3) is 0.176. The van der Waals surface area contributed by atoms with Gasteiger partial charge in [0.1, 0.15) is 5.75 Å². The second kappa shape index (κ2) is 5.31. The molecule has 3 aromatic rings. The Morgan fingerprint density at radius 3 is 2.96 bits per heavy atom. The summed E-state index contributed by atoms with van der Waals surface area (Å²) in [4.78, 5) is 9.17. The third-order valence-electron chi connectivity index (χ3n) is 3.81. The first-order chi connectivity index (χ1) is 11.3. The summed E-state index contributed by atoms with van der Waals surface area (Å²) < 4.78 is 7.65. The van der Waals surface area contributed by atoms with E-state index in [0.717, 1.165) is 22.3 Å². The van der Waals surface area contributed by atoms with Crippen molar-refractivity contribution >= 4 is 22.9 Å². The van der Waals surface area contributed by atoms with Crippen molar-refractivity contribution in [2.45, 2.75) is 13.1 Å². The Bertz CT molecular complexity index is 899. The van der Waals surface area contributed by atoms with E-state index in [1.165, 1.54) is 0 Å². The van der Waals surface area contributed by atoms with Gasteiger partial charge in [-0.25, -0.2) is 9.98 Å². The minimum atomic E-state index is -0.265. The molecule has 0 saturated heterocycles. The fourth-order valence-corrected chi connectivity index (χ4v) is 2.87. The molecule has 1 aromatic heterocycles. The number of aliphatic imine (C=N–C) groups is 1. The first kappa shape index (κ1) is 13.6. The van der Waals surface area contributed by atoms with Crippen molar-refractivity contribution in [3.8, 4) is 5.75 Å². The lowest BCUT2D eigenvalue weighted by molar-refractivity contribution is 0.339. The molecular weight excluding hydrogens is 290 g/mol. The third-order valence-corrected chi connectivity index (χ3v) is 3.81. The van der Waals surface area contributed by atoms with Crippen molar-refractivity contribution in [2.75, 3.05) is 11.9 Å². The molecule has 0 amide bonds. The lowest BCUT2D eigenvalue weighted by Gasteiger charge is -2.24. The standard InChI is InChI=1S/C17H17N5O/c1-2-23-12-7-5-6-11(10-12)15-20-16(18)21-17-19-13-8-3-4-9-14(13)22(15)17/h3-10,15H,2H2,1H3,(H3,18,19,20,21)/t15-/m0/s1. The van der Waals surface area contributed by atoms with Gasteiger partial charge in [-0.15, -0.1) is 0 Å². The number of anilines is 1. The van der Waals surface area contributed by atoms with Crippen LogP contribution in [-0.2, 0) is 0 Å². The molecule has 23 heavy (non-hydrogen) atoms. The Kier molecular flexibility index (Phi) is 3.15. The Hall–Kier alpha value is -3.02. The molecule has 116 valence electrons. The van der Waals surface area contributed by atoms with Crippen LogP contribution in [-0.4, -0.2) is 22.1 Å². The zero-order chi connectivity index (χ0) is 15.8. The first-order valence-electron chi connectivity index (χ1n) is 7.56. The number of benzene rings is 2. The van der Waals surface area contributed by atoms with Gasteiger partial charge >= 0.3 is 0 Å². The number of fused-ring (bicyclic) bond motifs is 3. The second-order valence-corrected chi connectivity index (χ2v) is 5.31. The maximum atomic E-state index is 5.95. The van der Waals surface area contributed by atoms with Gasteiger partial charge < -0.3 is 10.5 Å². The molecule has 4 rings (SSSR count). The maximum absolute atomic E-state index is 5.95. The lowest BCUT2D eigenvalue weighted by atomic mass is 10.1. The summed E-state index contributed by atoms with van der Waals surface area (Å²) in [6.45, 7) is 2.59. The van der Waals surface area contributed by atoms with Gasteiger partial charge in [0, 0.05) is 5.56 Å². The number of nitrogens with two attached hydrogens (primary N) is 1. The average Bonchev–Trinajstić information content (AvgIpc) is 2.92. The number of nitrogens with one attached hydrogen (secondary N) is 1. The number of nitrogens with zero attached hydrogens (tertiary/aromatic N) is 3. The number of hydrogen-bond donors (Lipinski definition) is 2. The molecule has 0 unspecified atom stereocenters. The number of imidazole rings is 1. The molecule has 1 aliphatic heterocycles. The third kappa shape index (κ3) is 2.28. The molecular formula is C17H17N5O. The molecule has 2 aromatic carbocycles. The van der Waals surface area contributed by atoms with Crippen LogP contribution in [0.4, 0.5) is 5.95 Å². The zero-order valence-electron chi connectivity index (χ0n) is 12.7. The van der Waals surface area contributed by atoms with Crippen LogP contribution in [0.1, 0.15) is 18.7 Å². The molecule has 0 aliphatic carbocycles. The van der Waals surface area contributed by atoms with Crippen molar-refractivity contribution in [3.05, 3.63) is 54.1 Å². The molecule has 2 heterocycles. The van der Waals surface area contributed by atoms with Crippen molar-refractivity contribution in [1.29, 1.82) is 0 Å². The normalized spacial score (nSPS) is 16.6. The quantitative estimate of drug-likeness (QED) is 0.780. The Balaban J connectivity index is 1.88. The molecule has 1 atom stereocenters. The molecule has 6 nitrogen and oxygen atoms in total. The van der Waals surface area contributed by atoms with Crippen LogP contribution in [0.25, 0.3) is 11.0 Å². The van der Waals surface area contributed by atoms with Gasteiger partial charge in [0.2, 0.25) is 5.95 Å². The van der Waals surface area contributed by atoms with E-state index < -0.39 is 0 Å². The summed E-state index contributed by atoms with van der Waals surface area (Å²) in [7, 11) is 0. The molecule has 0 radical (unpaired) electrons. The van der Waals surface area contributed by atoms with E-state index in [-0.39, 0.29) is 6.17 Å². The van der Waals surface area contributed by atoms with Gasteiger partial charge in [-0.05, 0) is 31.2 Å². The van der Waals surface area contributed by atoms with Gasteiger partial charge in [-0.2, -0.15) is 0 Å². The van der Waals surface area contributed by atoms with Gasteiger partial charge in [-0.1, -0.05) is 24.3 Å². The highest BCUT2D eigenvalue weighted by molar-refractivity contribution is 5.94. The van der Waals surface area contributed by atoms with Crippen LogP contribution in [0.15, 0.2) is 53.5 Å². The summed E-state index contributed by atoms with van der Waals surface area (Å²) in [5.74, 6) is 1.88. The van der Waals surface area contributed by atoms with E-state index in [0.29, 0.717) is 18.5 Å². The summed E-state index contributed by atoms with van der Waals surface area (Å²) in [6.07, 6.45) is -0.265. The number of para-hydroxylation sites is 2. The van der Waals surface area contributed by atoms with Crippen LogP contribution in [0.3, 0.4) is 0 Å². The molecule has 0 fully saturated rings. The monoisotopic (exact) mass is 307 g/mol. The molecule has 1 aliphatic rings. The Morgan fingerprint density at radius 2 is 2.09 bits per heavy atom. The largest absolute Gasteiger partial charge is 0.494 e. The van der Waals surface area contributed by atoms with E-state index in [1.54, 1.807) is 0 Å². The zero-order valence-corrected chi connectivity index (χ0v) is 12.7. The van der Waals surface area contributed by atoms with Crippen molar-refractivity contribution in [2.24, 2.45) is 10.7 Å². The van der Waals surface area contributed by atoms with Crippen molar-refractivity contribution < 1.29 is 4.74 Å². The molecule has 0 saturated carbocycles. The molecule has 3 N–H and O–H groups in total. The van der Waals surface area contributed by atoms with Gasteiger partial charge in [0.15, 0.2) is 12.1 Å². The lowest BCUT2D eigenvalue weighted by Crippen LogP contribution is -2.31. The van der Waals surface area contributed by atoms with E-state index in [9.17, 15) is 0 Å². The number of guanidine groups is 1. The van der Waals surface area contributed by atoms with Crippen LogP contribution < -0.4 is 15.8 Å². The van der Waals surface area contributed by atoms with E-state index in [1.807, 2.05) is 55.5 Å². The summed E-state index contributed by atoms with van der Waals surface area (Å²) in [5, 5.41) is 3.04. The van der Waals surface area contributed by atoms with Crippen molar-refractivity contribution in [1.82, 2.24) is 9.55 Å². The van der Waals surface area contributed by atoms with Crippen LogP contribution in [0, 0.1) is 0 Å². The minimum absolute atomic E-state index is 0.265. The summed E-state index contributed by atoms with van der Waals surface area (Å²) in [6, 6.07) is 15.9. The SMILES string of the molecule is CCOc1cccc([C@H]2N=C(N)Nc3nc4ccccc4n32)c1. The number of rotatable bonds is 3. The average molecular weight is 307 g/mol. The van der Waals surface area contributed by atoms with Gasteiger partial charge in [0.05, 0.1) is 17.6 Å². The van der Waals surface area contributed by atoms with E-state index >= 15 is 0 Å². The summed E-state index contributed by atoms with van der Waals surface area (Å²) in [5.41, 5.74) is 8.87. The topological polar surface area (TPSA) is 77.5 Å². The predicted molar refractivity (Wildman–Crippen MR) is 90.7 cm³/mol. The number of aromatic nitrogens is 2. The van der Waals surface area contributed by atoms with Crippen LogP contribution in [0.5, 0.6) is 5.75 Å². The van der Waals surface area contributed by atoms with Crippen LogP contribution in [0.2, 0.25) is 0 Å². The van der Waals surface area contributed by atoms with E-state index in [2.05, 4.69) is 19.9 Å². The minimum Gasteiger partial charge on any atom is -0.494 e. The van der Waals surface area contributed by atoms with Gasteiger partial charge in [0.25, 0.3) is 0 Å². The number of ether oxygens (including phenoxy) is 1. The molecule has 6 heteroatoms. The highest BCUT2D eigenvalue weighted by atomic mass is 16.5. The Morgan fingerprint density at radius 1 is 1.22 bits per heavy atom. The maximum Gasteiger partial charge on any atom is 0.212 e. The van der Waals surface area contributed by atoms with E-state index in [4.69, 9.17) is 10.5 Å². The summed E-state index contributed by atoms with van der Waals surface area (Å²) >= 11 is 0.